The summed E-state index contributed by atoms with van der Waals surface area (Å²) < 4.78 is 26.5. The number of fused-ring (bicyclic) bond motifs is 2. The Labute approximate surface area is 133 Å². The quantitative estimate of drug-likeness (QED) is 0.819. The summed E-state index contributed by atoms with van der Waals surface area (Å²) in [4.78, 5) is 12.4. The molecule has 2 saturated carbocycles. The minimum absolute atomic E-state index is 0.0199. The van der Waals surface area contributed by atoms with Gasteiger partial charge in [-0.05, 0) is 49.7 Å². The van der Waals surface area contributed by atoms with Crippen LogP contribution in [0, 0.1) is 23.5 Å². The van der Waals surface area contributed by atoms with Crippen LogP contribution in [0.5, 0.6) is 0 Å². The molecule has 2 unspecified atom stereocenters. The number of hydrogen-bond donors (Lipinski definition) is 2. The fourth-order valence-corrected chi connectivity index (χ4v) is 4.19. The third kappa shape index (κ3) is 2.97. The summed E-state index contributed by atoms with van der Waals surface area (Å²) in [7, 11) is 0. The maximum atomic E-state index is 13.3. The Morgan fingerprint density at radius 1 is 1.18 bits per heavy atom. The second-order valence-corrected chi connectivity index (χ2v) is 6.84. The largest absolute Gasteiger partial charge is 0.349 e. The van der Waals surface area contributed by atoms with Crippen molar-refractivity contribution in [2.24, 2.45) is 17.6 Å². The topological polar surface area (TPSA) is 55.1 Å². The number of nitrogens with two attached hydrogens (primary N) is 1. The average Bonchev–Trinajstić information content (AvgIpc) is 2.43. The molecule has 2 aliphatic carbocycles. The molecule has 0 saturated heterocycles. The first-order valence-electron chi connectivity index (χ1n) is 7.66. The van der Waals surface area contributed by atoms with E-state index in [-0.39, 0.29) is 22.7 Å². The van der Waals surface area contributed by atoms with E-state index in [4.69, 9.17) is 17.3 Å². The molecule has 1 aromatic rings. The van der Waals surface area contributed by atoms with Gasteiger partial charge in [-0.2, -0.15) is 0 Å². The van der Waals surface area contributed by atoms with Crippen LogP contribution >= 0.6 is 11.6 Å². The second kappa shape index (κ2) is 6.13. The molecule has 2 bridgehead atoms. The van der Waals surface area contributed by atoms with Gasteiger partial charge in [-0.1, -0.05) is 18.0 Å². The van der Waals surface area contributed by atoms with Crippen LogP contribution in [0.15, 0.2) is 12.1 Å². The van der Waals surface area contributed by atoms with Crippen LogP contribution < -0.4 is 11.1 Å². The van der Waals surface area contributed by atoms with Crippen molar-refractivity contribution in [3.05, 3.63) is 34.4 Å². The van der Waals surface area contributed by atoms with E-state index in [2.05, 4.69) is 5.32 Å². The van der Waals surface area contributed by atoms with Crippen LogP contribution in [-0.2, 0) is 0 Å². The van der Waals surface area contributed by atoms with E-state index in [0.717, 1.165) is 44.2 Å². The van der Waals surface area contributed by atoms with E-state index in [1.165, 1.54) is 0 Å². The normalized spacial score (nSPS) is 30.9. The Morgan fingerprint density at radius 3 is 2.41 bits per heavy atom. The zero-order valence-corrected chi connectivity index (χ0v) is 12.9. The molecule has 0 radical (unpaired) electrons. The molecule has 3 N–H and O–H groups in total. The van der Waals surface area contributed by atoms with E-state index in [1.807, 2.05) is 0 Å². The third-order valence-electron chi connectivity index (χ3n) is 4.93. The predicted octanol–water partition coefficient (Wildman–Crippen LogP) is 3.25. The smallest absolute Gasteiger partial charge is 0.253 e. The van der Waals surface area contributed by atoms with Gasteiger partial charge in [0, 0.05) is 12.1 Å². The van der Waals surface area contributed by atoms with Crippen molar-refractivity contribution < 1.29 is 13.6 Å². The van der Waals surface area contributed by atoms with Crippen molar-refractivity contribution in [3.8, 4) is 0 Å². The lowest BCUT2D eigenvalue weighted by molar-refractivity contribution is 0.0755. The molecular formula is C16H19ClF2N2O. The van der Waals surface area contributed by atoms with Gasteiger partial charge in [0.25, 0.3) is 5.91 Å². The Kier molecular flexibility index (Phi) is 4.37. The van der Waals surface area contributed by atoms with E-state index in [0.29, 0.717) is 11.8 Å². The first-order chi connectivity index (χ1) is 10.5. The average molecular weight is 329 g/mol. The minimum atomic E-state index is -1.07. The molecular weight excluding hydrogens is 310 g/mol. The molecule has 1 amide bonds. The van der Waals surface area contributed by atoms with E-state index < -0.39 is 17.5 Å². The molecule has 0 aliphatic heterocycles. The lowest BCUT2D eigenvalue weighted by Gasteiger charge is -2.45. The molecule has 0 heterocycles. The lowest BCUT2D eigenvalue weighted by atomic mass is 9.67. The van der Waals surface area contributed by atoms with Crippen LogP contribution in [-0.4, -0.2) is 18.0 Å². The molecule has 0 spiro atoms. The third-order valence-corrected chi connectivity index (χ3v) is 5.24. The molecule has 3 rings (SSSR count). The minimum Gasteiger partial charge on any atom is -0.349 e. The first-order valence-corrected chi connectivity index (χ1v) is 8.04. The molecule has 0 aromatic heterocycles. The zero-order chi connectivity index (χ0) is 15.9. The highest BCUT2D eigenvalue weighted by Crippen LogP contribution is 2.39. The van der Waals surface area contributed by atoms with Crippen molar-refractivity contribution in [1.82, 2.24) is 5.32 Å². The zero-order valence-electron chi connectivity index (χ0n) is 12.1. The van der Waals surface area contributed by atoms with Crippen LogP contribution in [0.4, 0.5) is 8.78 Å². The summed E-state index contributed by atoms with van der Waals surface area (Å²) in [6.45, 7) is 0. The summed E-state index contributed by atoms with van der Waals surface area (Å²) in [6.07, 6.45) is 5.03. The van der Waals surface area contributed by atoms with Crippen molar-refractivity contribution in [2.75, 3.05) is 0 Å². The molecule has 120 valence electrons. The highest BCUT2D eigenvalue weighted by Gasteiger charge is 2.40. The van der Waals surface area contributed by atoms with Gasteiger partial charge in [0.05, 0.1) is 10.6 Å². The van der Waals surface area contributed by atoms with Crippen LogP contribution in [0.1, 0.15) is 42.5 Å². The standard InChI is InChI=1S/C16H19ClF2N2O/c17-12-7-14(19)13(18)6-11(12)16(22)21-15-8-2-1-3-9(15)5-10(20)4-8/h6-10,15H,1-5,20H2,(H,21,22). The molecule has 2 atom stereocenters. The van der Waals surface area contributed by atoms with Gasteiger partial charge in [0.2, 0.25) is 0 Å². The fourth-order valence-electron chi connectivity index (χ4n) is 3.95. The number of amides is 1. The summed E-state index contributed by atoms with van der Waals surface area (Å²) >= 11 is 5.87. The summed E-state index contributed by atoms with van der Waals surface area (Å²) in [5.41, 5.74) is 6.04. The second-order valence-electron chi connectivity index (χ2n) is 6.43. The number of halogens is 3. The summed E-state index contributed by atoms with van der Waals surface area (Å²) in [5.74, 6) is -1.85. The molecule has 22 heavy (non-hydrogen) atoms. The van der Waals surface area contributed by atoms with Gasteiger partial charge in [-0.15, -0.1) is 0 Å². The molecule has 6 heteroatoms. The Hall–Kier alpha value is -1.20. The maximum Gasteiger partial charge on any atom is 0.253 e. The molecule has 2 aliphatic rings. The van der Waals surface area contributed by atoms with Gasteiger partial charge in [0.15, 0.2) is 11.6 Å². The van der Waals surface area contributed by atoms with Gasteiger partial charge >= 0.3 is 0 Å². The fraction of sp³-hybridized carbons (Fsp3) is 0.562. The first kappa shape index (κ1) is 15.7. The van der Waals surface area contributed by atoms with Crippen LogP contribution in [0.3, 0.4) is 0 Å². The van der Waals surface area contributed by atoms with Crippen molar-refractivity contribution in [1.29, 1.82) is 0 Å². The Bertz CT molecular complexity index is 582. The summed E-state index contributed by atoms with van der Waals surface area (Å²) in [5, 5.41) is 2.90. The monoisotopic (exact) mass is 328 g/mol. The van der Waals surface area contributed by atoms with Gasteiger partial charge in [0.1, 0.15) is 0 Å². The van der Waals surface area contributed by atoms with Gasteiger partial charge < -0.3 is 11.1 Å². The number of carbonyl (C=O) groups excluding carboxylic acids is 1. The number of nitrogens with one attached hydrogen (secondary N) is 1. The summed E-state index contributed by atoms with van der Waals surface area (Å²) in [6, 6.07) is 1.93. The number of rotatable bonds is 2. The Balaban J connectivity index is 1.78. The van der Waals surface area contributed by atoms with E-state index in [9.17, 15) is 13.6 Å². The lowest BCUT2D eigenvalue weighted by Crippen LogP contribution is -2.53. The van der Waals surface area contributed by atoms with Crippen molar-refractivity contribution in [2.45, 2.75) is 44.2 Å². The van der Waals surface area contributed by atoms with Crippen LogP contribution in [0.2, 0.25) is 5.02 Å². The van der Waals surface area contributed by atoms with Crippen molar-refractivity contribution >= 4 is 17.5 Å². The van der Waals surface area contributed by atoms with Gasteiger partial charge in [-0.3, -0.25) is 4.79 Å². The highest BCUT2D eigenvalue weighted by atomic mass is 35.5. The molecule has 3 nitrogen and oxygen atoms in total. The highest BCUT2D eigenvalue weighted by molar-refractivity contribution is 6.33. The van der Waals surface area contributed by atoms with Gasteiger partial charge in [-0.25, -0.2) is 8.78 Å². The SMILES string of the molecule is NC1CC2CCCC(C1)C2NC(=O)c1cc(F)c(F)cc1Cl. The Morgan fingerprint density at radius 2 is 1.77 bits per heavy atom. The number of benzene rings is 1. The van der Waals surface area contributed by atoms with Crippen molar-refractivity contribution in [3.63, 3.8) is 0 Å². The predicted molar refractivity (Wildman–Crippen MR) is 80.7 cm³/mol. The molecule has 1 aromatic carbocycles. The van der Waals surface area contributed by atoms with E-state index >= 15 is 0 Å². The molecule has 2 fully saturated rings. The number of carbonyl (C=O) groups is 1. The van der Waals surface area contributed by atoms with E-state index in [1.54, 1.807) is 0 Å². The maximum absolute atomic E-state index is 13.3. The number of hydrogen-bond acceptors (Lipinski definition) is 2. The van der Waals surface area contributed by atoms with Crippen LogP contribution in [0.25, 0.3) is 0 Å².